The highest BCUT2D eigenvalue weighted by Crippen LogP contribution is 2.37. The van der Waals surface area contributed by atoms with Crippen molar-refractivity contribution in [3.63, 3.8) is 0 Å². The highest BCUT2D eigenvalue weighted by atomic mass is 35.5. The summed E-state index contributed by atoms with van der Waals surface area (Å²) in [5.41, 5.74) is 12.7. The summed E-state index contributed by atoms with van der Waals surface area (Å²) in [5.74, 6) is 5.33. The number of imidazole rings is 4. The third-order valence-electron chi connectivity index (χ3n) is 23.4. The summed E-state index contributed by atoms with van der Waals surface area (Å²) in [5, 5.41) is 30.3. The number of hydrogen-bond acceptors (Lipinski definition) is 27. The number of ether oxygens (including phenoxy) is 5. The molecule has 3 amide bonds. The van der Waals surface area contributed by atoms with Crippen molar-refractivity contribution in [2.75, 3.05) is 52.4 Å². The fraction of sp³-hybridized carbons (Fsp3) is 0.581. The van der Waals surface area contributed by atoms with Gasteiger partial charge < -0.3 is 67.1 Å². The summed E-state index contributed by atoms with van der Waals surface area (Å²) >= 11 is 11.3. The van der Waals surface area contributed by atoms with E-state index in [1.807, 2.05) is 157 Å². The highest BCUT2D eigenvalue weighted by molar-refractivity contribution is 6.64. The molecule has 0 radical (unpaired) electrons. The van der Waals surface area contributed by atoms with Gasteiger partial charge in [-0.3, -0.25) is 28.3 Å². The molecule has 0 aromatic carbocycles. The van der Waals surface area contributed by atoms with Gasteiger partial charge in [-0.05, 0) is 154 Å². The summed E-state index contributed by atoms with van der Waals surface area (Å²) in [6, 6.07) is 0. The number of rotatable bonds is 16. The minimum absolute atomic E-state index is 0.0708. The quantitative estimate of drug-likeness (QED) is 0.0670. The van der Waals surface area contributed by atoms with Crippen LogP contribution in [-0.4, -0.2) is 248 Å². The number of amides is 3. The van der Waals surface area contributed by atoms with E-state index in [0.29, 0.717) is 102 Å². The second kappa shape index (κ2) is 40.1. The summed E-state index contributed by atoms with van der Waals surface area (Å²) in [6.07, 6.45) is 24.1. The maximum absolute atomic E-state index is 12.7. The van der Waals surface area contributed by atoms with E-state index in [9.17, 15) is 24.3 Å². The first kappa shape index (κ1) is 92.3. The Morgan fingerprint density at radius 2 is 0.770 bits per heavy atom. The lowest BCUT2D eigenvalue weighted by atomic mass is 10.1. The Kier molecular flexibility index (Phi) is 29.4. The molecule has 6 fully saturated rings. The third-order valence-corrected chi connectivity index (χ3v) is 23.9. The number of aliphatic hydroxyl groups is 1. The number of aryl methyl sites for hydroxylation is 8. The van der Waals surface area contributed by atoms with Crippen LogP contribution >= 0.6 is 23.2 Å². The average molecular weight is 1770 g/mol. The van der Waals surface area contributed by atoms with Gasteiger partial charge >= 0.3 is 12.2 Å². The normalized spacial score (nSPS) is 17.8. The van der Waals surface area contributed by atoms with Crippen LogP contribution in [0.4, 0.5) is 9.59 Å². The largest absolute Gasteiger partial charge is 0.471 e. The van der Waals surface area contributed by atoms with Crippen molar-refractivity contribution >= 4 is 91.2 Å². The molecule has 676 valence electrons. The van der Waals surface area contributed by atoms with Crippen LogP contribution in [0.2, 0.25) is 5.15 Å². The predicted molar refractivity (Wildman–Crippen MR) is 474 cm³/mol. The molecule has 4 aliphatic heterocycles. The van der Waals surface area contributed by atoms with Crippen molar-refractivity contribution in [3.05, 3.63) is 78.0 Å². The van der Waals surface area contributed by atoms with E-state index < -0.39 is 11.2 Å². The van der Waals surface area contributed by atoms with Crippen molar-refractivity contribution in [1.82, 2.24) is 137 Å². The van der Waals surface area contributed by atoms with Gasteiger partial charge in [-0.15, -0.1) is 0 Å². The first-order valence-electron chi connectivity index (χ1n) is 43.5. The van der Waals surface area contributed by atoms with Crippen molar-refractivity contribution in [1.29, 1.82) is 0 Å². The molecule has 40 heteroatoms. The molecule has 2 aliphatic carbocycles. The third kappa shape index (κ3) is 21.0. The lowest BCUT2D eigenvalue weighted by Gasteiger charge is -2.24. The number of nitrogens with zero attached hydrogens (tertiary/aromatic N) is 27. The summed E-state index contributed by atoms with van der Waals surface area (Å²) in [7, 11) is 7.74. The van der Waals surface area contributed by atoms with E-state index in [1.165, 1.54) is 55.9 Å². The van der Waals surface area contributed by atoms with Gasteiger partial charge in [0.05, 0.1) is 66.2 Å². The van der Waals surface area contributed by atoms with Crippen LogP contribution in [0.25, 0.3) is 90.2 Å². The number of β-amino-alcohol motifs (C(OH)–C–C–N with tert-alkyl or cyclic N) is 1. The van der Waals surface area contributed by atoms with E-state index in [-0.39, 0.29) is 53.7 Å². The van der Waals surface area contributed by atoms with Crippen LogP contribution in [0.3, 0.4) is 0 Å². The van der Waals surface area contributed by atoms with Crippen LogP contribution in [0, 0.1) is 39.5 Å². The van der Waals surface area contributed by atoms with Crippen LogP contribution in [-0.2, 0) is 73.4 Å². The first-order chi connectivity index (χ1) is 60.2. The molecule has 38 nitrogen and oxygen atoms in total. The van der Waals surface area contributed by atoms with Crippen molar-refractivity contribution in [2.45, 2.75) is 236 Å². The van der Waals surface area contributed by atoms with Crippen molar-refractivity contribution < 1.29 is 48.0 Å². The molecular weight excluding hydrogens is 1660 g/mol. The number of hydrogen-bond donors (Lipinski definition) is 2. The maximum atomic E-state index is 12.7. The number of likely N-dealkylation sites (tertiary alicyclic amines) is 3. The standard InChI is InChI=1S/C22H29N7O2.C21H29N7O3.C16H21N7O.C12H13ClN6.C9H17NO3.C6H9ClO/c1-4-29-14(2)17(11-25-29)19-26-18-20(27(19)3)23-13-24-21(18)31-16-9-10-28(12-16)22(30)15-7-5-6-8-15;1-7-28-13(2)15(10-24-28)17-25-16-18(26(17)6)22-12-23-19(16)30-14-8-9-27(11-14)20(29)31-21(3,4)5;1-4-23-10(2)12(8-20-23)14-21-13-15(22(14)3)18-9-19-16(13)24-11-5-6-17-7-11;1-4-19-7(2)8(5-16-19)11-17-9-10(13)14-6-15-12(9)18(11)3;1-9(2,3)13-8(12)10-5-4-7(11)6-10;7-6(8)5-3-1-2-4-5/h11,13,15-16H,4-10,12H2,1-3H3;10,12,14H,7-9,11H2,1-6H3;8-9,11,17H,4-7H2,1-3H3;5-6H,4H2,1-3H3;7,11H,4-6H2,1-3H3;5H,1-4H2. The molecule has 4 atom stereocenters. The van der Waals surface area contributed by atoms with Crippen molar-refractivity contribution in [3.8, 4) is 63.2 Å². The molecule has 12 aromatic rings. The van der Waals surface area contributed by atoms with Gasteiger partial charge in [0.15, 0.2) is 44.3 Å². The van der Waals surface area contributed by atoms with Gasteiger partial charge in [0.1, 0.15) is 83.6 Å². The molecule has 18 rings (SSSR count). The van der Waals surface area contributed by atoms with E-state index >= 15 is 0 Å². The predicted octanol–water partition coefficient (Wildman–Crippen LogP) is 12.1. The fourth-order valence-corrected chi connectivity index (χ4v) is 16.8. The Bertz CT molecular complexity index is 5810. The zero-order chi connectivity index (χ0) is 90.2. The van der Waals surface area contributed by atoms with Crippen LogP contribution in [0.15, 0.2) is 50.1 Å². The Morgan fingerprint density at radius 3 is 1.10 bits per heavy atom. The van der Waals surface area contributed by atoms with E-state index in [2.05, 4.69) is 105 Å². The smallest absolute Gasteiger partial charge is 0.410 e. The first-order valence-corrected chi connectivity index (χ1v) is 44.3. The molecule has 0 bridgehead atoms. The summed E-state index contributed by atoms with van der Waals surface area (Å²) < 4.78 is 44.6. The molecule has 16 heterocycles. The Labute approximate surface area is 741 Å². The minimum atomic E-state index is -0.525. The number of nitrogens with one attached hydrogen (secondary N) is 1. The Morgan fingerprint density at radius 1 is 0.437 bits per heavy atom. The van der Waals surface area contributed by atoms with E-state index in [1.54, 1.807) is 4.90 Å². The second-order valence-corrected chi connectivity index (χ2v) is 35.1. The number of aliphatic hydroxyl groups excluding tert-OH is 1. The zero-order valence-electron chi connectivity index (χ0n) is 75.5. The molecule has 0 spiro atoms. The number of halogens is 2. The lowest BCUT2D eigenvalue weighted by Crippen LogP contribution is -2.36. The summed E-state index contributed by atoms with van der Waals surface area (Å²) in [4.78, 5) is 105. The van der Waals surface area contributed by atoms with E-state index in [0.717, 1.165) is 170 Å². The Hall–Kier alpha value is -11.4. The molecule has 4 saturated heterocycles. The number of fused-ring (bicyclic) bond motifs is 4. The van der Waals surface area contributed by atoms with Crippen LogP contribution < -0.4 is 19.5 Å². The SMILES string of the molecule is CC(C)(C)OC(=O)N1CCC(O)C1.CCn1ncc(-c2nc3c(Cl)ncnc3n2C)c1C.CCn1ncc(-c2nc3c(OC4CCN(C(=O)C5CCCC5)C4)ncnc3n2C)c1C.CCn1ncc(-c2nc3c(OC4CCN(C(=O)OC(C)(C)C)C4)ncnc3n2C)c1C.CCn1ncc(-c2nc3c(OC4CCNC4)ncnc3n2C)c1C.O=C(Cl)C1CCCC1. The topological polar surface area (TPSA) is 402 Å². The molecule has 2 saturated carbocycles. The molecular formula is C86H118Cl2N28O10. The number of carbonyl (C=O) groups excluding carboxylic acids is 4. The number of carbonyl (C=O) groups is 4. The molecule has 2 N–H and O–H groups in total. The van der Waals surface area contributed by atoms with Crippen LogP contribution in [0.1, 0.15) is 169 Å². The van der Waals surface area contributed by atoms with Gasteiger partial charge in [-0.1, -0.05) is 37.3 Å². The fourth-order valence-electron chi connectivity index (χ4n) is 16.4. The number of aromatic nitrogens is 24. The highest BCUT2D eigenvalue weighted by Gasteiger charge is 2.37. The van der Waals surface area contributed by atoms with E-state index in [4.69, 9.17) is 61.8 Å². The maximum Gasteiger partial charge on any atom is 0.410 e. The monoisotopic (exact) mass is 1770 g/mol. The van der Waals surface area contributed by atoms with Gasteiger partial charge in [0.25, 0.3) is 0 Å². The lowest BCUT2D eigenvalue weighted by molar-refractivity contribution is -0.134. The molecule has 12 aromatic heterocycles. The molecule has 126 heavy (non-hydrogen) atoms. The molecule has 6 aliphatic rings. The Balaban J connectivity index is 0.000000135. The molecule has 4 unspecified atom stereocenters. The summed E-state index contributed by atoms with van der Waals surface area (Å²) in [6.45, 7) is 35.9. The van der Waals surface area contributed by atoms with Crippen LogP contribution in [0.5, 0.6) is 17.6 Å². The van der Waals surface area contributed by atoms with Gasteiger partial charge in [-0.2, -0.15) is 35.3 Å². The van der Waals surface area contributed by atoms with Gasteiger partial charge in [-0.25, -0.2) is 54.4 Å². The van der Waals surface area contributed by atoms with Gasteiger partial charge in [0.2, 0.25) is 28.8 Å². The van der Waals surface area contributed by atoms with Crippen molar-refractivity contribution in [2.24, 2.45) is 40.0 Å². The minimum Gasteiger partial charge on any atom is -0.471 e. The second-order valence-electron chi connectivity index (χ2n) is 34.3. The zero-order valence-corrected chi connectivity index (χ0v) is 77.0. The van der Waals surface area contributed by atoms with Gasteiger partial charge in [0, 0.05) is 135 Å². The average Bonchev–Trinajstić information content (AvgIpc) is 1.67.